The van der Waals surface area contributed by atoms with E-state index in [1.807, 2.05) is 6.92 Å². The van der Waals surface area contributed by atoms with E-state index in [0.717, 1.165) is 25.5 Å². The van der Waals surface area contributed by atoms with Crippen molar-refractivity contribution in [2.45, 2.75) is 32.6 Å². The van der Waals surface area contributed by atoms with Gasteiger partial charge in [-0.2, -0.15) is 0 Å². The average molecular weight is 178 g/mol. The van der Waals surface area contributed by atoms with Crippen molar-refractivity contribution in [3.8, 4) is 0 Å². The molecular formula is C8H16ClNO. The van der Waals surface area contributed by atoms with Gasteiger partial charge in [0.05, 0.1) is 6.61 Å². The molecule has 0 saturated carbocycles. The third kappa shape index (κ3) is 4.25. The van der Waals surface area contributed by atoms with Crippen LogP contribution in [0.2, 0.25) is 0 Å². The molecule has 11 heavy (non-hydrogen) atoms. The molecule has 0 aliphatic carbocycles. The number of hydrogen-bond donors (Lipinski definition) is 0. The van der Waals surface area contributed by atoms with E-state index in [1.54, 1.807) is 0 Å². The van der Waals surface area contributed by atoms with E-state index in [2.05, 4.69) is 4.99 Å². The van der Waals surface area contributed by atoms with Crippen molar-refractivity contribution in [2.75, 3.05) is 13.2 Å². The predicted molar refractivity (Wildman–Crippen MR) is 49.6 cm³/mol. The molecule has 0 aromatic carbocycles. The maximum atomic E-state index is 5.31. The van der Waals surface area contributed by atoms with Crippen LogP contribution >= 0.6 is 12.4 Å². The van der Waals surface area contributed by atoms with E-state index in [-0.39, 0.29) is 12.4 Å². The summed E-state index contributed by atoms with van der Waals surface area (Å²) in [5.41, 5.74) is 0. The second-order valence-corrected chi connectivity index (χ2v) is 2.52. The van der Waals surface area contributed by atoms with Crippen LogP contribution in [0.3, 0.4) is 0 Å². The molecule has 0 unspecified atom stereocenters. The van der Waals surface area contributed by atoms with Crippen LogP contribution in [0, 0.1) is 0 Å². The number of nitrogens with zero attached hydrogens (tertiary/aromatic N) is 1. The second kappa shape index (κ2) is 6.47. The second-order valence-electron chi connectivity index (χ2n) is 2.52. The fourth-order valence-electron chi connectivity index (χ4n) is 1.13. The van der Waals surface area contributed by atoms with Crippen molar-refractivity contribution in [3.05, 3.63) is 0 Å². The smallest absolute Gasteiger partial charge is 0.183 e. The van der Waals surface area contributed by atoms with Crippen LogP contribution in [0.15, 0.2) is 4.99 Å². The van der Waals surface area contributed by atoms with Gasteiger partial charge in [-0.1, -0.05) is 6.42 Å². The van der Waals surface area contributed by atoms with Crippen LogP contribution in [-0.2, 0) is 4.74 Å². The molecule has 1 aliphatic rings. The van der Waals surface area contributed by atoms with Crippen LogP contribution in [0.25, 0.3) is 0 Å². The lowest BCUT2D eigenvalue weighted by molar-refractivity contribution is 0.316. The van der Waals surface area contributed by atoms with Crippen molar-refractivity contribution in [2.24, 2.45) is 4.99 Å². The minimum atomic E-state index is 0. The normalized spacial score (nSPS) is 17.7. The van der Waals surface area contributed by atoms with Crippen molar-refractivity contribution < 1.29 is 4.74 Å². The summed E-state index contributed by atoms with van der Waals surface area (Å²) >= 11 is 0. The van der Waals surface area contributed by atoms with E-state index in [1.165, 1.54) is 19.3 Å². The topological polar surface area (TPSA) is 21.6 Å². The average Bonchev–Trinajstić information content (AvgIpc) is 2.17. The molecule has 0 aromatic rings. The van der Waals surface area contributed by atoms with Crippen LogP contribution in [-0.4, -0.2) is 19.0 Å². The molecule has 0 saturated heterocycles. The highest BCUT2D eigenvalue weighted by molar-refractivity contribution is 5.85. The highest BCUT2D eigenvalue weighted by Gasteiger charge is 2.02. The molecule has 0 bridgehead atoms. The highest BCUT2D eigenvalue weighted by Crippen LogP contribution is 2.07. The molecule has 0 aromatic heterocycles. The van der Waals surface area contributed by atoms with Gasteiger partial charge in [-0.05, 0) is 19.8 Å². The zero-order chi connectivity index (χ0) is 7.23. The van der Waals surface area contributed by atoms with Crippen LogP contribution < -0.4 is 0 Å². The lowest BCUT2D eigenvalue weighted by Gasteiger charge is -2.02. The molecule has 1 heterocycles. The minimum absolute atomic E-state index is 0. The summed E-state index contributed by atoms with van der Waals surface area (Å²) < 4.78 is 5.31. The first-order valence-corrected chi connectivity index (χ1v) is 4.09. The first-order chi connectivity index (χ1) is 4.93. The lowest BCUT2D eigenvalue weighted by Crippen LogP contribution is -2.03. The quantitative estimate of drug-likeness (QED) is 0.603. The Morgan fingerprint density at radius 2 is 2.18 bits per heavy atom. The van der Waals surface area contributed by atoms with Gasteiger partial charge in [0.2, 0.25) is 0 Å². The fraction of sp³-hybridized carbons (Fsp3) is 0.875. The molecule has 0 amide bonds. The number of hydrogen-bond acceptors (Lipinski definition) is 2. The Morgan fingerprint density at radius 3 is 2.91 bits per heavy atom. The van der Waals surface area contributed by atoms with Crippen LogP contribution in [0.4, 0.5) is 0 Å². The Hall–Kier alpha value is -0.240. The van der Waals surface area contributed by atoms with Crippen molar-refractivity contribution >= 4 is 18.3 Å². The molecule has 0 atom stereocenters. The standard InChI is InChI=1S/C8H15NO.ClH/c1-2-10-8-6-4-3-5-7-9-8;/h2-7H2,1H3;1H. The van der Waals surface area contributed by atoms with Crippen LogP contribution in [0.1, 0.15) is 32.6 Å². The molecule has 0 N–H and O–H groups in total. The van der Waals surface area contributed by atoms with Gasteiger partial charge in [-0.3, -0.25) is 4.99 Å². The van der Waals surface area contributed by atoms with Gasteiger partial charge in [-0.25, -0.2) is 0 Å². The SMILES string of the molecule is CCOC1=NCCCCC1.Cl. The Kier molecular flexibility index (Phi) is 6.33. The molecule has 0 spiro atoms. The summed E-state index contributed by atoms with van der Waals surface area (Å²) in [4.78, 5) is 4.31. The minimum Gasteiger partial charge on any atom is -0.481 e. The van der Waals surface area contributed by atoms with E-state index in [4.69, 9.17) is 4.74 Å². The largest absolute Gasteiger partial charge is 0.481 e. The summed E-state index contributed by atoms with van der Waals surface area (Å²) in [6.07, 6.45) is 4.84. The third-order valence-corrected chi connectivity index (χ3v) is 1.65. The number of aliphatic imine (C=N–C) groups is 1. The molecular weight excluding hydrogens is 162 g/mol. The van der Waals surface area contributed by atoms with Crippen molar-refractivity contribution in [3.63, 3.8) is 0 Å². The molecule has 1 rings (SSSR count). The maximum Gasteiger partial charge on any atom is 0.183 e. The lowest BCUT2D eigenvalue weighted by atomic mass is 10.2. The molecule has 3 heteroatoms. The van der Waals surface area contributed by atoms with Gasteiger partial charge in [0.25, 0.3) is 0 Å². The summed E-state index contributed by atoms with van der Waals surface area (Å²) in [6, 6.07) is 0. The monoisotopic (exact) mass is 177 g/mol. The Bertz CT molecular complexity index is 125. The molecule has 0 radical (unpaired) electrons. The zero-order valence-corrected chi connectivity index (χ0v) is 7.82. The van der Waals surface area contributed by atoms with E-state index in [0.29, 0.717) is 0 Å². The van der Waals surface area contributed by atoms with Crippen molar-refractivity contribution in [1.82, 2.24) is 0 Å². The van der Waals surface area contributed by atoms with Gasteiger partial charge < -0.3 is 4.74 Å². The summed E-state index contributed by atoms with van der Waals surface area (Å²) in [7, 11) is 0. The van der Waals surface area contributed by atoms with E-state index < -0.39 is 0 Å². The van der Waals surface area contributed by atoms with Crippen LogP contribution in [0.5, 0.6) is 0 Å². The number of rotatable bonds is 1. The maximum absolute atomic E-state index is 5.31. The zero-order valence-electron chi connectivity index (χ0n) is 7.01. The Balaban J connectivity index is 0.000001000. The summed E-state index contributed by atoms with van der Waals surface area (Å²) in [5.74, 6) is 0.972. The summed E-state index contributed by atoms with van der Waals surface area (Å²) in [5, 5.41) is 0. The fourth-order valence-corrected chi connectivity index (χ4v) is 1.13. The Morgan fingerprint density at radius 1 is 1.36 bits per heavy atom. The first kappa shape index (κ1) is 10.8. The summed E-state index contributed by atoms with van der Waals surface area (Å²) in [6.45, 7) is 3.74. The predicted octanol–water partition coefficient (Wildman–Crippen LogP) is 2.42. The van der Waals surface area contributed by atoms with Crippen molar-refractivity contribution in [1.29, 1.82) is 0 Å². The van der Waals surface area contributed by atoms with Gasteiger partial charge in [0, 0.05) is 13.0 Å². The van der Waals surface area contributed by atoms with Gasteiger partial charge in [0.1, 0.15) is 0 Å². The number of ether oxygens (including phenoxy) is 1. The Labute approximate surface area is 74.4 Å². The number of halogens is 1. The van der Waals surface area contributed by atoms with Gasteiger partial charge >= 0.3 is 0 Å². The molecule has 2 nitrogen and oxygen atoms in total. The third-order valence-electron chi connectivity index (χ3n) is 1.65. The molecule has 66 valence electrons. The molecule has 0 fully saturated rings. The van der Waals surface area contributed by atoms with E-state index >= 15 is 0 Å². The first-order valence-electron chi connectivity index (χ1n) is 4.09. The highest BCUT2D eigenvalue weighted by atomic mass is 35.5. The van der Waals surface area contributed by atoms with E-state index in [9.17, 15) is 0 Å². The molecule has 1 aliphatic heterocycles. The van der Waals surface area contributed by atoms with Gasteiger partial charge in [0.15, 0.2) is 5.90 Å². The van der Waals surface area contributed by atoms with Gasteiger partial charge in [-0.15, -0.1) is 12.4 Å².